The van der Waals surface area contributed by atoms with E-state index in [4.69, 9.17) is 5.11 Å². The van der Waals surface area contributed by atoms with Crippen molar-refractivity contribution in [2.75, 3.05) is 6.61 Å². The van der Waals surface area contributed by atoms with Crippen molar-refractivity contribution < 1.29 is 9.90 Å². The first-order valence-corrected chi connectivity index (χ1v) is 7.09. The first kappa shape index (κ1) is 13.1. The predicted octanol–water partition coefficient (Wildman–Crippen LogP) is 1.71. The Balaban J connectivity index is 1.92. The molecule has 1 aliphatic rings. The van der Waals surface area contributed by atoms with Gasteiger partial charge in [0.15, 0.2) is 5.69 Å². The summed E-state index contributed by atoms with van der Waals surface area (Å²) in [6.07, 6.45) is 4.81. The highest BCUT2D eigenvalue weighted by atomic mass is 16.3. The summed E-state index contributed by atoms with van der Waals surface area (Å²) in [7, 11) is 0. The van der Waals surface area contributed by atoms with Gasteiger partial charge in [-0.05, 0) is 38.3 Å². The number of hydrogen-bond acceptors (Lipinski definition) is 3. The minimum Gasteiger partial charge on any atom is -0.396 e. The Hall–Kier alpha value is -1.88. The standard InChI is InChI=1S/C15H19N3O2/c1-10(7-9-19)16-15(20)13-12-4-2-3-8-18(12)14(17-13)11-5-6-11/h2-4,8,10-11,19H,5-7,9H2,1H3,(H,16,20). The summed E-state index contributed by atoms with van der Waals surface area (Å²) in [6, 6.07) is 5.74. The normalized spacial score (nSPS) is 16.3. The van der Waals surface area contributed by atoms with Crippen molar-refractivity contribution in [2.24, 2.45) is 0 Å². The SMILES string of the molecule is CC(CCO)NC(=O)c1nc(C2CC2)n2ccccc12. The molecule has 20 heavy (non-hydrogen) atoms. The summed E-state index contributed by atoms with van der Waals surface area (Å²) >= 11 is 0. The zero-order chi connectivity index (χ0) is 14.1. The average molecular weight is 273 g/mol. The van der Waals surface area contributed by atoms with Gasteiger partial charge in [-0.2, -0.15) is 0 Å². The van der Waals surface area contributed by atoms with E-state index in [0.717, 1.165) is 24.2 Å². The Morgan fingerprint density at radius 3 is 3.05 bits per heavy atom. The van der Waals surface area contributed by atoms with E-state index in [9.17, 15) is 4.79 Å². The Kier molecular flexibility index (Phi) is 3.44. The highest BCUT2D eigenvalue weighted by molar-refractivity contribution is 5.99. The van der Waals surface area contributed by atoms with Gasteiger partial charge in [0.25, 0.3) is 5.91 Å². The van der Waals surface area contributed by atoms with E-state index in [1.807, 2.05) is 35.7 Å². The van der Waals surface area contributed by atoms with Crippen LogP contribution in [0.15, 0.2) is 24.4 Å². The summed E-state index contributed by atoms with van der Waals surface area (Å²) in [6.45, 7) is 1.95. The lowest BCUT2D eigenvalue weighted by molar-refractivity contribution is 0.0931. The smallest absolute Gasteiger partial charge is 0.272 e. The summed E-state index contributed by atoms with van der Waals surface area (Å²) < 4.78 is 2.02. The van der Waals surface area contributed by atoms with Crippen LogP contribution in [0.3, 0.4) is 0 Å². The second-order valence-corrected chi connectivity index (χ2v) is 5.44. The number of nitrogens with one attached hydrogen (secondary N) is 1. The van der Waals surface area contributed by atoms with Crippen LogP contribution in [0.5, 0.6) is 0 Å². The molecule has 0 spiro atoms. The number of carbonyl (C=O) groups is 1. The molecule has 1 aliphatic carbocycles. The molecule has 1 unspecified atom stereocenters. The molecule has 0 radical (unpaired) electrons. The number of nitrogens with zero attached hydrogens (tertiary/aromatic N) is 2. The number of aromatic nitrogens is 2. The maximum atomic E-state index is 12.3. The van der Waals surface area contributed by atoms with Crippen molar-refractivity contribution in [1.29, 1.82) is 0 Å². The molecule has 1 amide bonds. The molecular formula is C15H19N3O2. The molecule has 106 valence electrons. The van der Waals surface area contributed by atoms with Gasteiger partial charge < -0.3 is 14.8 Å². The monoisotopic (exact) mass is 273 g/mol. The molecule has 2 aromatic rings. The molecule has 1 saturated carbocycles. The predicted molar refractivity (Wildman–Crippen MR) is 75.8 cm³/mol. The van der Waals surface area contributed by atoms with Crippen molar-refractivity contribution in [1.82, 2.24) is 14.7 Å². The van der Waals surface area contributed by atoms with E-state index < -0.39 is 0 Å². The topological polar surface area (TPSA) is 66.6 Å². The second kappa shape index (κ2) is 5.25. The van der Waals surface area contributed by atoms with E-state index in [0.29, 0.717) is 18.0 Å². The van der Waals surface area contributed by atoms with Crippen LogP contribution < -0.4 is 5.32 Å². The first-order valence-electron chi connectivity index (χ1n) is 7.09. The molecule has 0 aliphatic heterocycles. The maximum Gasteiger partial charge on any atom is 0.272 e. The van der Waals surface area contributed by atoms with Gasteiger partial charge in [0.1, 0.15) is 5.82 Å². The molecule has 2 N–H and O–H groups in total. The Morgan fingerprint density at radius 1 is 1.55 bits per heavy atom. The maximum absolute atomic E-state index is 12.3. The molecular weight excluding hydrogens is 254 g/mol. The van der Waals surface area contributed by atoms with Gasteiger partial charge in [-0.3, -0.25) is 4.79 Å². The zero-order valence-corrected chi connectivity index (χ0v) is 11.5. The number of rotatable bonds is 5. The molecule has 2 heterocycles. The highest BCUT2D eigenvalue weighted by Crippen LogP contribution is 2.39. The van der Waals surface area contributed by atoms with Gasteiger partial charge >= 0.3 is 0 Å². The fourth-order valence-electron chi connectivity index (χ4n) is 2.42. The molecule has 2 aromatic heterocycles. The molecule has 3 rings (SSSR count). The van der Waals surface area contributed by atoms with Crippen LogP contribution in [0.2, 0.25) is 0 Å². The fraction of sp³-hybridized carbons (Fsp3) is 0.467. The van der Waals surface area contributed by atoms with E-state index >= 15 is 0 Å². The number of fused-ring (bicyclic) bond motifs is 1. The lowest BCUT2D eigenvalue weighted by Gasteiger charge is -2.11. The fourth-order valence-corrected chi connectivity index (χ4v) is 2.42. The molecule has 0 bridgehead atoms. The third-order valence-electron chi connectivity index (χ3n) is 3.67. The van der Waals surface area contributed by atoms with Crippen molar-refractivity contribution in [3.63, 3.8) is 0 Å². The molecule has 0 saturated heterocycles. The van der Waals surface area contributed by atoms with Gasteiger partial charge in [-0.1, -0.05) is 6.07 Å². The van der Waals surface area contributed by atoms with Gasteiger partial charge in [0.2, 0.25) is 0 Å². The van der Waals surface area contributed by atoms with Crippen LogP contribution in [0.1, 0.15) is 48.4 Å². The number of aliphatic hydroxyl groups excluding tert-OH is 1. The largest absolute Gasteiger partial charge is 0.396 e. The molecule has 5 heteroatoms. The van der Waals surface area contributed by atoms with Gasteiger partial charge in [0.05, 0.1) is 5.52 Å². The summed E-state index contributed by atoms with van der Waals surface area (Å²) in [5.41, 5.74) is 1.33. The van der Waals surface area contributed by atoms with E-state index in [2.05, 4.69) is 10.3 Å². The van der Waals surface area contributed by atoms with Gasteiger partial charge in [-0.25, -0.2) is 4.98 Å². The number of aliphatic hydroxyl groups is 1. The van der Waals surface area contributed by atoms with Gasteiger partial charge in [-0.15, -0.1) is 0 Å². The first-order chi connectivity index (χ1) is 9.70. The highest BCUT2D eigenvalue weighted by Gasteiger charge is 2.30. The number of hydrogen-bond donors (Lipinski definition) is 2. The second-order valence-electron chi connectivity index (χ2n) is 5.44. The summed E-state index contributed by atoms with van der Waals surface area (Å²) in [5.74, 6) is 1.31. The third kappa shape index (κ3) is 2.41. The minimum absolute atomic E-state index is 0.0580. The lowest BCUT2D eigenvalue weighted by Crippen LogP contribution is -2.33. The Labute approximate surface area is 117 Å². The quantitative estimate of drug-likeness (QED) is 0.871. The zero-order valence-electron chi connectivity index (χ0n) is 11.5. The molecule has 0 aromatic carbocycles. The van der Waals surface area contributed by atoms with Crippen molar-refractivity contribution in [3.05, 3.63) is 35.9 Å². The van der Waals surface area contributed by atoms with Crippen molar-refractivity contribution in [2.45, 2.75) is 38.1 Å². The minimum atomic E-state index is -0.165. The molecule has 1 atom stereocenters. The summed E-state index contributed by atoms with van der Waals surface area (Å²) in [5, 5.41) is 11.8. The van der Waals surface area contributed by atoms with E-state index in [1.165, 1.54) is 0 Å². The lowest BCUT2D eigenvalue weighted by atomic mass is 10.2. The Bertz CT molecular complexity index is 631. The van der Waals surface area contributed by atoms with Crippen molar-refractivity contribution >= 4 is 11.4 Å². The van der Waals surface area contributed by atoms with Crippen molar-refractivity contribution in [3.8, 4) is 0 Å². The summed E-state index contributed by atoms with van der Waals surface area (Å²) in [4.78, 5) is 16.9. The van der Waals surface area contributed by atoms with E-state index in [1.54, 1.807) is 0 Å². The Morgan fingerprint density at radius 2 is 2.35 bits per heavy atom. The number of imidazole rings is 1. The van der Waals surface area contributed by atoms with Crippen LogP contribution in [-0.4, -0.2) is 33.0 Å². The van der Waals surface area contributed by atoms with Crippen LogP contribution >= 0.6 is 0 Å². The number of amides is 1. The average Bonchev–Trinajstić information content (AvgIpc) is 3.19. The third-order valence-corrected chi connectivity index (χ3v) is 3.67. The van der Waals surface area contributed by atoms with Crippen LogP contribution in [-0.2, 0) is 0 Å². The molecule has 5 nitrogen and oxygen atoms in total. The van der Waals surface area contributed by atoms with E-state index in [-0.39, 0.29) is 18.6 Å². The van der Waals surface area contributed by atoms with Crippen LogP contribution in [0.4, 0.5) is 0 Å². The van der Waals surface area contributed by atoms with Crippen LogP contribution in [0, 0.1) is 0 Å². The van der Waals surface area contributed by atoms with Gasteiger partial charge in [0, 0.05) is 24.8 Å². The molecule has 1 fully saturated rings. The van der Waals surface area contributed by atoms with Crippen LogP contribution in [0.25, 0.3) is 5.52 Å². The number of pyridine rings is 1. The number of carbonyl (C=O) groups excluding carboxylic acids is 1.